The number of nitrogens with zero attached hydrogens (tertiary/aromatic N) is 3. The van der Waals surface area contributed by atoms with E-state index in [2.05, 4.69) is 22.7 Å². The van der Waals surface area contributed by atoms with Crippen molar-refractivity contribution in [3.63, 3.8) is 0 Å². The summed E-state index contributed by atoms with van der Waals surface area (Å²) >= 11 is 0. The van der Waals surface area contributed by atoms with Crippen LogP contribution in [0.25, 0.3) is 0 Å². The number of benzene rings is 2. The number of amides is 1. The van der Waals surface area contributed by atoms with Crippen molar-refractivity contribution < 1.29 is 9.53 Å². The fourth-order valence-corrected chi connectivity index (χ4v) is 3.89. The Morgan fingerprint density at radius 3 is 2.41 bits per heavy atom. The Morgan fingerprint density at radius 1 is 1.03 bits per heavy atom. The van der Waals surface area contributed by atoms with Crippen LogP contribution >= 0.6 is 0 Å². The molecule has 5 heteroatoms. The molecule has 1 aliphatic heterocycles. The lowest BCUT2D eigenvalue weighted by atomic mass is 9.96. The zero-order valence-corrected chi connectivity index (χ0v) is 16.8. The highest BCUT2D eigenvalue weighted by atomic mass is 16.5. The fourth-order valence-electron chi connectivity index (χ4n) is 3.89. The van der Waals surface area contributed by atoms with Gasteiger partial charge in [0, 0.05) is 44.0 Å². The van der Waals surface area contributed by atoms with Gasteiger partial charge in [-0.3, -0.25) is 4.79 Å². The molecule has 2 heterocycles. The van der Waals surface area contributed by atoms with Gasteiger partial charge in [-0.1, -0.05) is 25.1 Å². The first-order chi connectivity index (χ1) is 14.2. The molecule has 4 rings (SSSR count). The SMILES string of the molecule is CCc1nccn1CC1CCN(C(=O)c2ccc(Oc3ccccc3)cc2)CC1. The summed E-state index contributed by atoms with van der Waals surface area (Å²) in [5, 5.41) is 0. The predicted octanol–water partition coefficient (Wildman–Crippen LogP) is 4.79. The highest BCUT2D eigenvalue weighted by Gasteiger charge is 2.24. The maximum atomic E-state index is 12.9. The maximum absolute atomic E-state index is 12.9. The molecule has 1 aromatic heterocycles. The number of imidazole rings is 1. The highest BCUT2D eigenvalue weighted by molar-refractivity contribution is 5.94. The van der Waals surface area contributed by atoms with Gasteiger partial charge in [-0.2, -0.15) is 0 Å². The van der Waals surface area contributed by atoms with Gasteiger partial charge in [-0.05, 0) is 55.2 Å². The molecule has 0 aliphatic carbocycles. The first-order valence-electron chi connectivity index (χ1n) is 10.3. The fraction of sp³-hybridized carbons (Fsp3) is 0.333. The second-order valence-corrected chi connectivity index (χ2v) is 7.52. The average Bonchev–Trinajstić information content (AvgIpc) is 3.22. The molecule has 0 atom stereocenters. The molecule has 2 aromatic carbocycles. The Morgan fingerprint density at radius 2 is 1.72 bits per heavy atom. The number of ether oxygens (including phenoxy) is 1. The van der Waals surface area contributed by atoms with Crippen LogP contribution in [0.5, 0.6) is 11.5 Å². The Balaban J connectivity index is 1.31. The number of piperidine rings is 1. The summed E-state index contributed by atoms with van der Waals surface area (Å²) in [6, 6.07) is 17.1. The van der Waals surface area contributed by atoms with Crippen molar-refractivity contribution in [3.8, 4) is 11.5 Å². The van der Waals surface area contributed by atoms with E-state index in [1.807, 2.05) is 65.7 Å². The van der Waals surface area contributed by atoms with Crippen LogP contribution in [-0.4, -0.2) is 33.4 Å². The van der Waals surface area contributed by atoms with E-state index in [0.717, 1.165) is 56.2 Å². The second-order valence-electron chi connectivity index (χ2n) is 7.52. The number of hydrogen-bond acceptors (Lipinski definition) is 3. The van der Waals surface area contributed by atoms with E-state index < -0.39 is 0 Å². The van der Waals surface area contributed by atoms with Gasteiger partial charge < -0.3 is 14.2 Å². The summed E-state index contributed by atoms with van der Waals surface area (Å²) in [7, 11) is 0. The molecule has 0 saturated carbocycles. The van der Waals surface area contributed by atoms with E-state index in [1.165, 1.54) is 0 Å². The van der Waals surface area contributed by atoms with Crippen molar-refractivity contribution in [3.05, 3.63) is 78.4 Å². The van der Waals surface area contributed by atoms with E-state index >= 15 is 0 Å². The lowest BCUT2D eigenvalue weighted by molar-refractivity contribution is 0.0682. The molecule has 0 spiro atoms. The molecule has 1 aliphatic rings. The zero-order valence-electron chi connectivity index (χ0n) is 16.8. The number of likely N-dealkylation sites (tertiary alicyclic amines) is 1. The van der Waals surface area contributed by atoms with Crippen molar-refractivity contribution in [2.75, 3.05) is 13.1 Å². The second kappa shape index (κ2) is 8.95. The van der Waals surface area contributed by atoms with Crippen molar-refractivity contribution in [1.29, 1.82) is 0 Å². The summed E-state index contributed by atoms with van der Waals surface area (Å²) in [4.78, 5) is 19.2. The van der Waals surface area contributed by atoms with Gasteiger partial charge in [-0.15, -0.1) is 0 Å². The Kier molecular flexibility index (Phi) is 5.94. The van der Waals surface area contributed by atoms with Crippen LogP contribution in [-0.2, 0) is 13.0 Å². The van der Waals surface area contributed by atoms with Gasteiger partial charge in [0.2, 0.25) is 0 Å². The third-order valence-electron chi connectivity index (χ3n) is 5.55. The normalized spacial score (nSPS) is 14.7. The Labute approximate surface area is 171 Å². The highest BCUT2D eigenvalue weighted by Crippen LogP contribution is 2.24. The number of aromatic nitrogens is 2. The molecular weight excluding hydrogens is 362 g/mol. The molecule has 0 bridgehead atoms. The lowest BCUT2D eigenvalue weighted by Crippen LogP contribution is -2.39. The van der Waals surface area contributed by atoms with Crippen LogP contribution in [0.4, 0.5) is 0 Å². The van der Waals surface area contributed by atoms with Gasteiger partial charge in [-0.25, -0.2) is 4.98 Å². The summed E-state index contributed by atoms with van der Waals surface area (Å²) in [5.74, 6) is 3.37. The van der Waals surface area contributed by atoms with Crippen LogP contribution in [0.1, 0.15) is 35.9 Å². The number of carbonyl (C=O) groups excluding carboxylic acids is 1. The van der Waals surface area contributed by atoms with Gasteiger partial charge in [0.05, 0.1) is 0 Å². The van der Waals surface area contributed by atoms with Crippen LogP contribution in [0.15, 0.2) is 67.0 Å². The number of aryl methyl sites for hydroxylation is 1. The van der Waals surface area contributed by atoms with E-state index in [-0.39, 0.29) is 5.91 Å². The molecule has 1 fully saturated rings. The molecular formula is C24H27N3O2. The monoisotopic (exact) mass is 389 g/mol. The van der Waals surface area contributed by atoms with Crippen molar-refractivity contribution in [2.45, 2.75) is 32.7 Å². The van der Waals surface area contributed by atoms with Crippen molar-refractivity contribution in [2.24, 2.45) is 5.92 Å². The molecule has 1 amide bonds. The van der Waals surface area contributed by atoms with Crippen LogP contribution in [0.2, 0.25) is 0 Å². The molecule has 0 unspecified atom stereocenters. The number of para-hydroxylation sites is 1. The summed E-state index contributed by atoms with van der Waals surface area (Å²) in [6.45, 7) is 4.75. The average molecular weight is 389 g/mol. The van der Waals surface area contributed by atoms with Crippen molar-refractivity contribution >= 4 is 5.91 Å². The quantitative estimate of drug-likeness (QED) is 0.609. The smallest absolute Gasteiger partial charge is 0.253 e. The molecule has 3 aromatic rings. The summed E-state index contributed by atoms with van der Waals surface area (Å²) < 4.78 is 8.07. The van der Waals surface area contributed by atoms with Gasteiger partial charge in [0.25, 0.3) is 5.91 Å². The lowest BCUT2D eigenvalue weighted by Gasteiger charge is -2.32. The Bertz CT molecular complexity index is 926. The predicted molar refractivity (Wildman–Crippen MR) is 113 cm³/mol. The minimum Gasteiger partial charge on any atom is -0.457 e. The summed E-state index contributed by atoms with van der Waals surface area (Å²) in [5.41, 5.74) is 0.715. The maximum Gasteiger partial charge on any atom is 0.253 e. The van der Waals surface area contributed by atoms with Crippen molar-refractivity contribution in [1.82, 2.24) is 14.5 Å². The molecule has 29 heavy (non-hydrogen) atoms. The molecule has 0 N–H and O–H groups in total. The van der Waals surface area contributed by atoms with Gasteiger partial charge in [0.1, 0.15) is 17.3 Å². The number of rotatable bonds is 6. The van der Waals surface area contributed by atoms with Crippen LogP contribution in [0, 0.1) is 5.92 Å². The van der Waals surface area contributed by atoms with Gasteiger partial charge in [0.15, 0.2) is 0 Å². The minimum atomic E-state index is 0.103. The molecule has 5 nitrogen and oxygen atoms in total. The largest absolute Gasteiger partial charge is 0.457 e. The Hall–Kier alpha value is -3.08. The van der Waals surface area contributed by atoms with Gasteiger partial charge >= 0.3 is 0 Å². The van der Waals surface area contributed by atoms with E-state index in [9.17, 15) is 4.79 Å². The molecule has 150 valence electrons. The first-order valence-corrected chi connectivity index (χ1v) is 10.3. The zero-order chi connectivity index (χ0) is 20.1. The topological polar surface area (TPSA) is 47.4 Å². The molecule has 1 saturated heterocycles. The van der Waals surface area contributed by atoms with E-state index in [4.69, 9.17) is 4.74 Å². The third kappa shape index (κ3) is 4.67. The number of carbonyl (C=O) groups is 1. The van der Waals surface area contributed by atoms with Crippen LogP contribution in [0.3, 0.4) is 0 Å². The summed E-state index contributed by atoms with van der Waals surface area (Å²) in [6.07, 6.45) is 6.96. The number of hydrogen-bond donors (Lipinski definition) is 0. The van der Waals surface area contributed by atoms with E-state index in [1.54, 1.807) is 0 Å². The third-order valence-corrected chi connectivity index (χ3v) is 5.55. The van der Waals surface area contributed by atoms with E-state index in [0.29, 0.717) is 11.5 Å². The first kappa shape index (κ1) is 19.2. The minimum absolute atomic E-state index is 0.103. The standard InChI is InChI=1S/C24H27N3O2/c1-2-23-25-14-17-27(23)18-19-12-15-26(16-13-19)24(28)20-8-10-22(11-9-20)29-21-6-4-3-5-7-21/h3-11,14,17,19H,2,12-13,15-16,18H2,1H3. The molecule has 0 radical (unpaired) electrons. The van der Waals surface area contributed by atoms with Crippen LogP contribution < -0.4 is 4.74 Å².